The van der Waals surface area contributed by atoms with Crippen LogP contribution in [0, 0.1) is 0 Å². The summed E-state index contributed by atoms with van der Waals surface area (Å²) in [5, 5.41) is 21.1. The van der Waals surface area contributed by atoms with Crippen molar-refractivity contribution in [2.45, 2.75) is 19.3 Å². The van der Waals surface area contributed by atoms with Gasteiger partial charge in [0, 0.05) is 4.88 Å². The van der Waals surface area contributed by atoms with E-state index in [1.54, 1.807) is 0 Å². The molecule has 0 spiro atoms. The molecule has 0 unspecified atom stereocenters. The number of carbonyl (C=O) groups is 2. The first kappa shape index (κ1) is 13.6. The van der Waals surface area contributed by atoms with Gasteiger partial charge in [-0.2, -0.15) is 0 Å². The smallest absolute Gasteiger partial charge is 0.337 e. The number of aromatic carboxylic acids is 1. The van der Waals surface area contributed by atoms with Crippen LogP contribution in [0.5, 0.6) is 5.75 Å². The number of nitrogens with one attached hydrogen (secondary N) is 1. The summed E-state index contributed by atoms with van der Waals surface area (Å²) in [5.74, 6) is -1.67. The van der Waals surface area contributed by atoms with Gasteiger partial charge in [-0.1, -0.05) is 0 Å². The molecule has 0 radical (unpaired) electrons. The molecule has 1 heterocycles. The predicted molar refractivity (Wildman–Crippen MR) is 79.4 cm³/mol. The van der Waals surface area contributed by atoms with Crippen LogP contribution >= 0.6 is 11.3 Å². The maximum Gasteiger partial charge on any atom is 0.337 e. The molecule has 0 bridgehead atoms. The molecule has 1 aliphatic carbocycles. The number of thiophene rings is 1. The van der Waals surface area contributed by atoms with Crippen LogP contribution in [-0.4, -0.2) is 22.1 Å². The van der Waals surface area contributed by atoms with Crippen molar-refractivity contribution in [3.63, 3.8) is 0 Å². The summed E-state index contributed by atoms with van der Waals surface area (Å²) in [6, 6.07) is 5.73. The third-order valence-corrected chi connectivity index (χ3v) is 4.69. The summed E-state index contributed by atoms with van der Waals surface area (Å²) in [4.78, 5) is 25.2. The van der Waals surface area contributed by atoms with Crippen LogP contribution in [0.1, 0.15) is 36.9 Å². The molecule has 1 aromatic carbocycles. The van der Waals surface area contributed by atoms with Crippen LogP contribution < -0.4 is 5.32 Å². The quantitative estimate of drug-likeness (QED) is 0.761. The molecule has 0 aliphatic heterocycles. The van der Waals surface area contributed by atoms with Crippen LogP contribution in [0.4, 0.5) is 5.69 Å². The number of amides is 1. The number of aryl methyl sites for hydroxylation is 2. The molecule has 0 saturated heterocycles. The van der Waals surface area contributed by atoms with Crippen LogP contribution in [0.15, 0.2) is 24.3 Å². The zero-order valence-corrected chi connectivity index (χ0v) is 11.9. The second-order valence-corrected chi connectivity index (χ2v) is 6.04. The lowest BCUT2D eigenvalue weighted by Gasteiger charge is -2.08. The Bertz CT molecular complexity index is 714. The van der Waals surface area contributed by atoms with Crippen molar-refractivity contribution in [1.82, 2.24) is 0 Å². The van der Waals surface area contributed by atoms with Crippen LogP contribution in [-0.2, 0) is 12.8 Å². The Labute approximate surface area is 124 Å². The van der Waals surface area contributed by atoms with Crippen molar-refractivity contribution in [3.05, 3.63) is 45.1 Å². The molecular formula is C15H13NO4S. The summed E-state index contributed by atoms with van der Waals surface area (Å²) >= 11 is 1.46. The summed E-state index contributed by atoms with van der Waals surface area (Å²) in [7, 11) is 0. The molecule has 3 rings (SSSR count). The third kappa shape index (κ3) is 2.62. The van der Waals surface area contributed by atoms with Gasteiger partial charge in [0.2, 0.25) is 0 Å². The number of fused-ring (bicyclic) bond motifs is 1. The van der Waals surface area contributed by atoms with E-state index in [9.17, 15) is 14.7 Å². The van der Waals surface area contributed by atoms with Gasteiger partial charge in [-0.25, -0.2) is 4.79 Å². The highest BCUT2D eigenvalue weighted by Crippen LogP contribution is 2.31. The highest BCUT2D eigenvalue weighted by Gasteiger charge is 2.20. The van der Waals surface area contributed by atoms with E-state index >= 15 is 0 Å². The molecule has 1 aromatic heterocycles. The largest absolute Gasteiger partial charge is 0.508 e. The predicted octanol–water partition coefficient (Wildman–Crippen LogP) is 2.89. The monoisotopic (exact) mass is 303 g/mol. The van der Waals surface area contributed by atoms with Gasteiger partial charge in [0.05, 0.1) is 16.1 Å². The maximum atomic E-state index is 12.2. The Morgan fingerprint density at radius 2 is 2.00 bits per heavy atom. The number of hydrogen-bond donors (Lipinski definition) is 3. The first-order chi connectivity index (χ1) is 10.0. The molecule has 3 N–H and O–H groups in total. The number of aromatic hydroxyl groups is 1. The lowest BCUT2D eigenvalue weighted by atomic mass is 10.1. The Hall–Kier alpha value is -2.34. The molecule has 5 nitrogen and oxygen atoms in total. The van der Waals surface area contributed by atoms with E-state index in [4.69, 9.17) is 5.11 Å². The van der Waals surface area contributed by atoms with Gasteiger partial charge in [0.1, 0.15) is 5.75 Å². The van der Waals surface area contributed by atoms with Gasteiger partial charge in [-0.15, -0.1) is 11.3 Å². The highest BCUT2D eigenvalue weighted by molar-refractivity contribution is 7.14. The van der Waals surface area contributed by atoms with Crippen LogP contribution in [0.3, 0.4) is 0 Å². The summed E-state index contributed by atoms with van der Waals surface area (Å²) in [5.41, 5.74) is 1.26. The SMILES string of the molecule is O=C(Nc1ccc(O)cc1C(=O)O)c1cc2c(s1)CCC2. The molecule has 108 valence electrons. The summed E-state index contributed by atoms with van der Waals surface area (Å²) in [6.45, 7) is 0. The van der Waals surface area contributed by atoms with Crippen molar-refractivity contribution >= 4 is 28.9 Å². The lowest BCUT2D eigenvalue weighted by Crippen LogP contribution is -2.13. The zero-order valence-electron chi connectivity index (χ0n) is 11.0. The van der Waals surface area contributed by atoms with E-state index in [1.807, 2.05) is 6.07 Å². The van der Waals surface area contributed by atoms with E-state index in [0.717, 1.165) is 25.3 Å². The lowest BCUT2D eigenvalue weighted by molar-refractivity contribution is 0.0697. The average molecular weight is 303 g/mol. The number of benzene rings is 1. The topological polar surface area (TPSA) is 86.6 Å². The van der Waals surface area contributed by atoms with E-state index in [-0.39, 0.29) is 22.9 Å². The Morgan fingerprint density at radius 1 is 1.19 bits per heavy atom. The van der Waals surface area contributed by atoms with Gasteiger partial charge < -0.3 is 15.5 Å². The minimum atomic E-state index is -1.20. The minimum Gasteiger partial charge on any atom is -0.508 e. The second kappa shape index (κ2) is 5.21. The van der Waals surface area contributed by atoms with Crippen molar-refractivity contribution in [2.75, 3.05) is 5.32 Å². The van der Waals surface area contributed by atoms with E-state index in [0.29, 0.717) is 4.88 Å². The standard InChI is InChI=1S/C15H13NO4S/c17-9-4-5-11(10(7-9)15(19)20)16-14(18)13-6-8-2-1-3-12(8)21-13/h4-7,17H,1-3H2,(H,16,18)(H,19,20). The number of anilines is 1. The number of phenolic OH excluding ortho intramolecular Hbond substituents is 1. The van der Waals surface area contributed by atoms with Crippen LogP contribution in [0.25, 0.3) is 0 Å². The van der Waals surface area contributed by atoms with E-state index < -0.39 is 5.97 Å². The second-order valence-electron chi connectivity index (χ2n) is 4.90. The Morgan fingerprint density at radius 3 is 2.71 bits per heavy atom. The molecule has 0 fully saturated rings. The summed E-state index contributed by atoms with van der Waals surface area (Å²) < 4.78 is 0. The average Bonchev–Trinajstić information content (AvgIpc) is 3.01. The number of carbonyl (C=O) groups excluding carboxylic acids is 1. The van der Waals surface area contributed by atoms with Gasteiger partial charge in [0.15, 0.2) is 0 Å². The normalized spacial score (nSPS) is 13.0. The van der Waals surface area contributed by atoms with Gasteiger partial charge in [-0.3, -0.25) is 4.79 Å². The molecule has 0 saturated carbocycles. The summed E-state index contributed by atoms with van der Waals surface area (Å²) in [6.07, 6.45) is 3.13. The molecule has 21 heavy (non-hydrogen) atoms. The Balaban J connectivity index is 1.86. The van der Waals surface area contributed by atoms with Gasteiger partial charge in [-0.05, 0) is 49.1 Å². The van der Waals surface area contributed by atoms with Gasteiger partial charge >= 0.3 is 5.97 Å². The zero-order chi connectivity index (χ0) is 15.0. The van der Waals surface area contributed by atoms with Crippen molar-refractivity contribution < 1.29 is 19.8 Å². The van der Waals surface area contributed by atoms with Crippen LogP contribution in [0.2, 0.25) is 0 Å². The molecule has 0 atom stereocenters. The highest BCUT2D eigenvalue weighted by atomic mass is 32.1. The van der Waals surface area contributed by atoms with Crippen molar-refractivity contribution in [2.24, 2.45) is 0 Å². The first-order valence-corrected chi connectivity index (χ1v) is 7.35. The molecule has 1 aliphatic rings. The van der Waals surface area contributed by atoms with Gasteiger partial charge in [0.25, 0.3) is 5.91 Å². The maximum absolute atomic E-state index is 12.2. The van der Waals surface area contributed by atoms with E-state index in [2.05, 4.69) is 5.32 Å². The number of rotatable bonds is 3. The number of carboxylic acid groups (broad SMARTS) is 1. The molecule has 2 aromatic rings. The first-order valence-electron chi connectivity index (χ1n) is 6.54. The number of phenols is 1. The van der Waals surface area contributed by atoms with Crippen molar-refractivity contribution in [3.8, 4) is 5.75 Å². The number of hydrogen-bond acceptors (Lipinski definition) is 4. The van der Waals surface area contributed by atoms with Crippen molar-refractivity contribution in [1.29, 1.82) is 0 Å². The van der Waals surface area contributed by atoms with E-state index in [1.165, 1.54) is 33.9 Å². The molecule has 1 amide bonds. The number of carboxylic acids is 1. The fourth-order valence-corrected chi connectivity index (χ4v) is 3.59. The molecular weight excluding hydrogens is 290 g/mol. The molecule has 6 heteroatoms. The Kier molecular flexibility index (Phi) is 3.39. The fourth-order valence-electron chi connectivity index (χ4n) is 2.44. The minimum absolute atomic E-state index is 0.132. The fraction of sp³-hybridized carbons (Fsp3) is 0.200. The third-order valence-electron chi connectivity index (χ3n) is 3.45.